The number of rotatable bonds is 4. The molecule has 0 saturated carbocycles. The molecule has 3 rings (SSSR count). The van der Waals surface area contributed by atoms with Crippen LogP contribution in [0.1, 0.15) is 29.9 Å². The predicted molar refractivity (Wildman–Crippen MR) is 97.0 cm³/mol. The molecule has 0 bridgehead atoms. The Morgan fingerprint density at radius 3 is 2.42 bits per heavy atom. The summed E-state index contributed by atoms with van der Waals surface area (Å²) in [5.74, 6) is -0.145. The first-order chi connectivity index (χ1) is 12.5. The smallest absolute Gasteiger partial charge is 0.364 e. The minimum Gasteiger partial charge on any atom is -0.422 e. The van der Waals surface area contributed by atoms with E-state index in [1.54, 1.807) is 48.5 Å². The topological polar surface area (TPSA) is 85.0 Å². The first kappa shape index (κ1) is 17.4. The zero-order valence-electron chi connectivity index (χ0n) is 14.5. The van der Waals surface area contributed by atoms with Crippen molar-refractivity contribution in [2.45, 2.75) is 20.4 Å². The fourth-order valence-electron chi connectivity index (χ4n) is 2.61. The molecule has 1 aromatic heterocycles. The second-order valence-electron chi connectivity index (χ2n) is 6.30. The van der Waals surface area contributed by atoms with Gasteiger partial charge in [-0.3, -0.25) is 4.79 Å². The van der Waals surface area contributed by atoms with Crippen LogP contribution in [-0.4, -0.2) is 15.7 Å². The van der Waals surface area contributed by atoms with Crippen molar-refractivity contribution in [2.75, 3.05) is 0 Å². The monoisotopic (exact) mass is 347 g/mol. The lowest BCUT2D eigenvalue weighted by atomic mass is 10.1. The van der Waals surface area contributed by atoms with Crippen LogP contribution in [0.15, 0.2) is 53.3 Å². The number of carbonyl (C=O) groups excluding carboxylic acids is 1. The molecule has 0 aliphatic carbocycles. The zero-order valence-corrected chi connectivity index (χ0v) is 14.5. The Morgan fingerprint density at radius 2 is 1.81 bits per heavy atom. The molecule has 2 aromatic carbocycles. The second kappa shape index (κ2) is 7.19. The third-order valence-corrected chi connectivity index (χ3v) is 3.79. The van der Waals surface area contributed by atoms with E-state index in [2.05, 4.69) is 5.10 Å². The van der Waals surface area contributed by atoms with Gasteiger partial charge in [0.1, 0.15) is 5.75 Å². The van der Waals surface area contributed by atoms with Gasteiger partial charge in [0.15, 0.2) is 5.69 Å². The molecule has 0 amide bonds. The Balaban J connectivity index is 2.04. The Hall–Kier alpha value is -3.46. The van der Waals surface area contributed by atoms with E-state index >= 15 is 0 Å². The lowest BCUT2D eigenvalue weighted by Crippen LogP contribution is -2.28. The van der Waals surface area contributed by atoms with Gasteiger partial charge in [0.25, 0.3) is 5.56 Å². The zero-order chi connectivity index (χ0) is 18.7. The molecule has 0 fully saturated rings. The van der Waals surface area contributed by atoms with E-state index < -0.39 is 5.97 Å². The molecular weight excluding hydrogens is 330 g/mol. The maximum Gasteiger partial charge on any atom is 0.364 e. The number of hydrogen-bond donors (Lipinski definition) is 0. The molecule has 0 aliphatic heterocycles. The summed E-state index contributed by atoms with van der Waals surface area (Å²) in [6.45, 7) is 4.34. The van der Waals surface area contributed by atoms with E-state index in [4.69, 9.17) is 10.00 Å². The van der Waals surface area contributed by atoms with E-state index in [-0.39, 0.29) is 17.2 Å². The molecule has 0 unspecified atom stereocenters. The number of aromatic nitrogens is 2. The summed E-state index contributed by atoms with van der Waals surface area (Å²) >= 11 is 0. The molecule has 130 valence electrons. The van der Waals surface area contributed by atoms with Gasteiger partial charge in [-0.25, -0.2) is 9.48 Å². The number of nitrogens with zero attached hydrogens (tertiary/aromatic N) is 3. The number of fused-ring (bicyclic) bond motifs is 1. The fourth-order valence-corrected chi connectivity index (χ4v) is 2.61. The van der Waals surface area contributed by atoms with Crippen LogP contribution in [0.4, 0.5) is 0 Å². The minimum absolute atomic E-state index is 0.0882. The highest BCUT2D eigenvalue weighted by molar-refractivity contribution is 6.02. The van der Waals surface area contributed by atoms with Crippen molar-refractivity contribution in [1.29, 1.82) is 5.26 Å². The van der Waals surface area contributed by atoms with E-state index in [1.165, 1.54) is 4.68 Å². The van der Waals surface area contributed by atoms with Crippen molar-refractivity contribution in [1.82, 2.24) is 9.78 Å². The number of hydrogen-bond acceptors (Lipinski definition) is 5. The standard InChI is InChI=1S/C20H17N3O3/c1-13(2)12-23-19(24)17-6-4-3-5-16(17)18(22-23)20(25)26-15-9-7-14(11-21)8-10-15/h3-10,13H,12H2,1-2H3. The van der Waals surface area contributed by atoms with Crippen LogP contribution in [0.2, 0.25) is 0 Å². The molecule has 0 aliphatic rings. The summed E-state index contributed by atoms with van der Waals surface area (Å²) < 4.78 is 6.69. The van der Waals surface area contributed by atoms with Crippen molar-refractivity contribution < 1.29 is 9.53 Å². The highest BCUT2D eigenvalue weighted by atomic mass is 16.5. The summed E-state index contributed by atoms with van der Waals surface area (Å²) in [6, 6.07) is 15.1. The molecule has 3 aromatic rings. The first-order valence-corrected chi connectivity index (χ1v) is 8.22. The van der Waals surface area contributed by atoms with Gasteiger partial charge in [-0.1, -0.05) is 32.0 Å². The van der Waals surface area contributed by atoms with Crippen molar-refractivity contribution in [2.24, 2.45) is 5.92 Å². The number of benzene rings is 2. The van der Waals surface area contributed by atoms with Crippen LogP contribution in [-0.2, 0) is 6.54 Å². The van der Waals surface area contributed by atoms with Crippen molar-refractivity contribution in [3.8, 4) is 11.8 Å². The van der Waals surface area contributed by atoms with Gasteiger partial charge in [0.05, 0.1) is 17.0 Å². The molecule has 26 heavy (non-hydrogen) atoms. The van der Waals surface area contributed by atoms with E-state index in [1.807, 2.05) is 19.9 Å². The summed E-state index contributed by atoms with van der Waals surface area (Å²) in [7, 11) is 0. The minimum atomic E-state index is -0.650. The van der Waals surface area contributed by atoms with Crippen LogP contribution in [0.25, 0.3) is 10.8 Å². The lowest BCUT2D eigenvalue weighted by Gasteiger charge is -2.12. The van der Waals surface area contributed by atoms with Gasteiger partial charge in [-0.05, 0) is 36.2 Å². The van der Waals surface area contributed by atoms with Gasteiger partial charge in [-0.15, -0.1) is 0 Å². The van der Waals surface area contributed by atoms with Crippen LogP contribution >= 0.6 is 0 Å². The molecule has 0 N–H and O–H groups in total. The molecule has 1 heterocycles. The largest absolute Gasteiger partial charge is 0.422 e. The Bertz CT molecular complexity index is 1060. The van der Waals surface area contributed by atoms with Crippen LogP contribution < -0.4 is 10.3 Å². The van der Waals surface area contributed by atoms with Crippen LogP contribution in [0, 0.1) is 17.2 Å². The maximum atomic E-state index is 12.7. The van der Waals surface area contributed by atoms with E-state index in [9.17, 15) is 9.59 Å². The second-order valence-corrected chi connectivity index (χ2v) is 6.30. The normalized spacial score (nSPS) is 10.7. The van der Waals surface area contributed by atoms with E-state index in [0.29, 0.717) is 28.6 Å². The van der Waals surface area contributed by atoms with E-state index in [0.717, 1.165) is 0 Å². The third-order valence-electron chi connectivity index (χ3n) is 3.79. The van der Waals surface area contributed by atoms with Gasteiger partial charge in [-0.2, -0.15) is 10.4 Å². The SMILES string of the molecule is CC(C)Cn1nc(C(=O)Oc2ccc(C#N)cc2)c2ccccc2c1=O. The first-order valence-electron chi connectivity index (χ1n) is 8.22. The van der Waals surface area contributed by atoms with Gasteiger partial charge in [0.2, 0.25) is 0 Å². The molecule has 0 spiro atoms. The van der Waals surface area contributed by atoms with Crippen LogP contribution in [0.5, 0.6) is 5.75 Å². The molecule has 0 radical (unpaired) electrons. The highest BCUT2D eigenvalue weighted by Gasteiger charge is 2.19. The molecule has 6 heteroatoms. The summed E-state index contributed by atoms with van der Waals surface area (Å²) in [6.07, 6.45) is 0. The molecule has 0 saturated heterocycles. The van der Waals surface area contributed by atoms with Crippen molar-refractivity contribution >= 4 is 16.7 Å². The van der Waals surface area contributed by atoms with Crippen molar-refractivity contribution in [3.63, 3.8) is 0 Å². The number of carbonyl (C=O) groups is 1. The Labute approximate surface area is 150 Å². The molecular formula is C20H17N3O3. The van der Waals surface area contributed by atoms with Gasteiger partial charge >= 0.3 is 5.97 Å². The molecule has 0 atom stereocenters. The average Bonchev–Trinajstić information content (AvgIpc) is 2.64. The Kier molecular flexibility index (Phi) is 4.81. The lowest BCUT2D eigenvalue weighted by molar-refractivity contribution is 0.0727. The van der Waals surface area contributed by atoms with Crippen LogP contribution in [0.3, 0.4) is 0 Å². The third kappa shape index (κ3) is 3.47. The van der Waals surface area contributed by atoms with Crippen molar-refractivity contribution in [3.05, 3.63) is 70.1 Å². The number of esters is 1. The van der Waals surface area contributed by atoms with Gasteiger partial charge < -0.3 is 4.74 Å². The average molecular weight is 347 g/mol. The quantitative estimate of drug-likeness (QED) is 0.535. The molecule has 6 nitrogen and oxygen atoms in total. The number of nitriles is 1. The summed E-state index contributed by atoms with van der Waals surface area (Å²) in [5, 5.41) is 14.0. The Morgan fingerprint density at radius 1 is 1.15 bits per heavy atom. The predicted octanol–water partition coefficient (Wildman–Crippen LogP) is 3.14. The highest BCUT2D eigenvalue weighted by Crippen LogP contribution is 2.18. The summed E-state index contributed by atoms with van der Waals surface area (Å²) in [4.78, 5) is 25.3. The fraction of sp³-hybridized carbons (Fsp3) is 0.200. The summed E-state index contributed by atoms with van der Waals surface area (Å²) in [5.41, 5.74) is 0.327. The number of ether oxygens (including phenoxy) is 1. The maximum absolute atomic E-state index is 12.7. The van der Waals surface area contributed by atoms with Gasteiger partial charge in [0, 0.05) is 11.9 Å².